The fraction of sp³-hybridized carbons (Fsp3) is 0.323. The fourth-order valence-electron chi connectivity index (χ4n) is 5.40. The molecule has 0 saturated carbocycles. The van der Waals surface area contributed by atoms with Crippen molar-refractivity contribution in [2.75, 3.05) is 19.7 Å². The number of nitrogens with zero attached hydrogens (tertiary/aromatic N) is 2. The Bertz CT molecular complexity index is 1290. The van der Waals surface area contributed by atoms with Gasteiger partial charge in [-0.05, 0) is 29.7 Å². The van der Waals surface area contributed by atoms with E-state index < -0.39 is 11.8 Å². The highest BCUT2D eigenvalue weighted by Crippen LogP contribution is 2.39. The number of ether oxygens (including phenoxy) is 1. The second kappa shape index (κ2) is 11.2. The number of carbonyl (C=O) groups excluding carboxylic acids is 3. The van der Waals surface area contributed by atoms with Crippen LogP contribution in [0.25, 0.3) is 0 Å². The van der Waals surface area contributed by atoms with Gasteiger partial charge in [-0.2, -0.15) is 0 Å². The van der Waals surface area contributed by atoms with Crippen molar-refractivity contribution in [2.45, 2.75) is 44.5 Å². The van der Waals surface area contributed by atoms with E-state index in [1.165, 1.54) is 0 Å². The lowest BCUT2D eigenvalue weighted by Gasteiger charge is -2.44. The molecule has 2 fully saturated rings. The summed E-state index contributed by atoms with van der Waals surface area (Å²) in [5, 5.41) is 2.99. The highest BCUT2D eigenvalue weighted by atomic mass is 16.5. The van der Waals surface area contributed by atoms with Crippen LogP contribution >= 0.6 is 0 Å². The number of likely N-dealkylation sites (tertiary alicyclic amines) is 1. The second-order valence-electron chi connectivity index (χ2n) is 10.0. The minimum Gasteiger partial charge on any atom is -0.353 e. The number of amides is 3. The number of nitrogens with one attached hydrogen (secondary N) is 1. The van der Waals surface area contributed by atoms with Crippen molar-refractivity contribution in [3.63, 3.8) is 0 Å². The molecule has 1 N–H and O–H groups in total. The molecule has 3 aromatic rings. The van der Waals surface area contributed by atoms with E-state index in [0.29, 0.717) is 44.5 Å². The third-order valence-electron chi connectivity index (χ3n) is 7.56. The van der Waals surface area contributed by atoms with Crippen LogP contribution < -0.4 is 5.32 Å². The van der Waals surface area contributed by atoms with Gasteiger partial charge in [-0.3, -0.25) is 19.3 Å². The Labute approximate surface area is 223 Å². The first-order valence-electron chi connectivity index (χ1n) is 13.1. The maximum absolute atomic E-state index is 14.0. The quantitative estimate of drug-likeness (QED) is 0.547. The first-order valence-corrected chi connectivity index (χ1v) is 13.1. The monoisotopic (exact) mass is 511 g/mol. The van der Waals surface area contributed by atoms with Gasteiger partial charge in [0.15, 0.2) is 0 Å². The molecular weight excluding hydrogens is 478 g/mol. The first-order chi connectivity index (χ1) is 18.5. The lowest BCUT2D eigenvalue weighted by Crippen LogP contribution is -2.60. The lowest BCUT2D eigenvalue weighted by atomic mass is 9.95. The number of carbonyl (C=O) groups is 3. The van der Waals surface area contributed by atoms with Crippen LogP contribution in [-0.2, 0) is 27.3 Å². The van der Waals surface area contributed by atoms with Gasteiger partial charge >= 0.3 is 0 Å². The summed E-state index contributed by atoms with van der Waals surface area (Å²) in [6, 6.07) is 26.0. The number of rotatable bonds is 6. The van der Waals surface area contributed by atoms with Gasteiger partial charge in [0.1, 0.15) is 11.8 Å². The largest absolute Gasteiger partial charge is 0.353 e. The summed E-state index contributed by atoms with van der Waals surface area (Å²) in [5.41, 5.74) is 2.43. The lowest BCUT2D eigenvalue weighted by molar-refractivity contribution is -0.143. The molecule has 196 valence electrons. The van der Waals surface area contributed by atoms with E-state index in [2.05, 4.69) is 5.32 Å². The number of benzene rings is 3. The van der Waals surface area contributed by atoms with E-state index in [4.69, 9.17) is 4.74 Å². The smallest absolute Gasteiger partial charge is 0.257 e. The zero-order valence-electron chi connectivity index (χ0n) is 21.6. The van der Waals surface area contributed by atoms with Crippen molar-refractivity contribution in [3.05, 3.63) is 107 Å². The van der Waals surface area contributed by atoms with Gasteiger partial charge in [-0.1, -0.05) is 78.9 Å². The van der Waals surface area contributed by atoms with Gasteiger partial charge in [-0.15, -0.1) is 0 Å². The van der Waals surface area contributed by atoms with Gasteiger partial charge in [0.05, 0.1) is 13.0 Å². The highest BCUT2D eigenvalue weighted by molar-refractivity contribution is 5.99. The molecule has 3 aromatic carbocycles. The van der Waals surface area contributed by atoms with Crippen LogP contribution in [0, 0.1) is 6.92 Å². The highest BCUT2D eigenvalue weighted by Gasteiger charge is 2.54. The average Bonchev–Trinajstić information content (AvgIpc) is 3.31. The van der Waals surface area contributed by atoms with Gasteiger partial charge in [0.2, 0.25) is 11.8 Å². The summed E-state index contributed by atoms with van der Waals surface area (Å²) in [6.45, 7) is 3.31. The SMILES string of the molecule is Cc1ccccc1C(=O)N1[C@@H](C(=O)NCc2ccccc2)COC12CCN(C(=O)Cc1ccccc1)CC2. The van der Waals surface area contributed by atoms with Crippen molar-refractivity contribution in [3.8, 4) is 0 Å². The van der Waals surface area contributed by atoms with Gasteiger partial charge in [0, 0.05) is 38.0 Å². The zero-order valence-corrected chi connectivity index (χ0v) is 21.6. The molecule has 1 atom stereocenters. The van der Waals surface area contributed by atoms with Crippen LogP contribution in [0.4, 0.5) is 0 Å². The third-order valence-corrected chi connectivity index (χ3v) is 7.56. The van der Waals surface area contributed by atoms with Crippen molar-refractivity contribution >= 4 is 17.7 Å². The molecular formula is C31H33N3O4. The molecule has 3 amide bonds. The standard InChI is InChI=1S/C31H33N3O4/c1-23-10-8-9-15-26(23)30(37)34-27(29(36)32-21-25-13-6-3-7-14-25)22-38-31(34)16-18-33(19-17-31)28(35)20-24-11-4-2-5-12-24/h2-15,27H,16-22H2,1H3,(H,32,36)/t27-/m1/s1. The zero-order chi connectivity index (χ0) is 26.5. The van der Waals surface area contributed by atoms with Crippen molar-refractivity contribution in [1.29, 1.82) is 0 Å². The van der Waals surface area contributed by atoms with E-state index in [0.717, 1.165) is 16.7 Å². The van der Waals surface area contributed by atoms with Crippen LogP contribution in [0.3, 0.4) is 0 Å². The maximum atomic E-state index is 14.0. The molecule has 5 rings (SSSR count). The Kier molecular flexibility index (Phi) is 7.56. The summed E-state index contributed by atoms with van der Waals surface area (Å²) in [5.74, 6) is -0.405. The second-order valence-corrected chi connectivity index (χ2v) is 10.0. The Balaban J connectivity index is 1.34. The minimum absolute atomic E-state index is 0.0537. The molecule has 2 saturated heterocycles. The minimum atomic E-state index is -0.933. The summed E-state index contributed by atoms with van der Waals surface area (Å²) < 4.78 is 6.31. The van der Waals surface area contributed by atoms with E-state index in [1.54, 1.807) is 11.0 Å². The van der Waals surface area contributed by atoms with E-state index in [1.807, 2.05) is 90.7 Å². The number of hydrogen-bond donors (Lipinski definition) is 1. The predicted octanol–water partition coefficient (Wildman–Crippen LogP) is 3.71. The molecule has 38 heavy (non-hydrogen) atoms. The van der Waals surface area contributed by atoms with Gasteiger partial charge in [-0.25, -0.2) is 0 Å². The molecule has 0 aliphatic carbocycles. The number of aryl methyl sites for hydroxylation is 1. The fourth-order valence-corrected chi connectivity index (χ4v) is 5.40. The van der Waals surface area contributed by atoms with E-state index in [9.17, 15) is 14.4 Å². The molecule has 2 aliphatic heterocycles. The molecule has 2 aliphatic rings. The van der Waals surface area contributed by atoms with Crippen LogP contribution in [-0.4, -0.2) is 59.0 Å². The van der Waals surface area contributed by atoms with Gasteiger partial charge in [0.25, 0.3) is 5.91 Å². The first kappa shape index (κ1) is 25.7. The van der Waals surface area contributed by atoms with Crippen molar-refractivity contribution < 1.29 is 19.1 Å². The molecule has 0 radical (unpaired) electrons. The summed E-state index contributed by atoms with van der Waals surface area (Å²) in [4.78, 5) is 43.8. The van der Waals surface area contributed by atoms with Crippen LogP contribution in [0.2, 0.25) is 0 Å². The molecule has 7 heteroatoms. The number of piperidine rings is 1. The molecule has 2 heterocycles. The average molecular weight is 512 g/mol. The van der Waals surface area contributed by atoms with E-state index >= 15 is 0 Å². The predicted molar refractivity (Wildman–Crippen MR) is 144 cm³/mol. The summed E-state index contributed by atoms with van der Waals surface area (Å²) >= 11 is 0. The van der Waals surface area contributed by atoms with Crippen LogP contribution in [0.1, 0.15) is 39.9 Å². The molecule has 0 unspecified atom stereocenters. The van der Waals surface area contributed by atoms with Crippen LogP contribution in [0.15, 0.2) is 84.9 Å². The summed E-state index contributed by atoms with van der Waals surface area (Å²) in [7, 11) is 0. The molecule has 7 nitrogen and oxygen atoms in total. The Morgan fingerprint density at radius 3 is 2.13 bits per heavy atom. The number of hydrogen-bond acceptors (Lipinski definition) is 4. The molecule has 0 bridgehead atoms. The Morgan fingerprint density at radius 1 is 0.868 bits per heavy atom. The Hall–Kier alpha value is -3.97. The van der Waals surface area contributed by atoms with E-state index in [-0.39, 0.29) is 24.3 Å². The summed E-state index contributed by atoms with van der Waals surface area (Å²) in [6.07, 6.45) is 1.24. The normalized spacial score (nSPS) is 18.4. The molecule has 0 aromatic heterocycles. The maximum Gasteiger partial charge on any atom is 0.257 e. The third kappa shape index (κ3) is 5.34. The van der Waals surface area contributed by atoms with Gasteiger partial charge < -0.3 is 15.0 Å². The van der Waals surface area contributed by atoms with Crippen LogP contribution in [0.5, 0.6) is 0 Å². The Morgan fingerprint density at radius 2 is 1.47 bits per heavy atom. The molecule has 1 spiro atoms. The van der Waals surface area contributed by atoms with Crippen molar-refractivity contribution in [1.82, 2.24) is 15.1 Å². The van der Waals surface area contributed by atoms with Crippen molar-refractivity contribution in [2.24, 2.45) is 0 Å². The topological polar surface area (TPSA) is 79.0 Å².